The first-order valence-corrected chi connectivity index (χ1v) is 8.90. The zero-order chi connectivity index (χ0) is 15.3. The fraction of sp³-hybridized carbons (Fsp3) is 0.600. The topological polar surface area (TPSA) is 67.4 Å². The second-order valence-corrected chi connectivity index (χ2v) is 7.17. The molecule has 1 aliphatic heterocycles. The third-order valence-corrected chi connectivity index (χ3v) is 5.38. The van der Waals surface area contributed by atoms with Crippen molar-refractivity contribution in [3.8, 4) is 0 Å². The maximum Gasteiger partial charge on any atom is 0.240 e. The van der Waals surface area contributed by atoms with Gasteiger partial charge in [0.05, 0.1) is 11.0 Å². The van der Waals surface area contributed by atoms with Crippen molar-refractivity contribution < 1.29 is 13.2 Å². The number of nitrogens with one attached hydrogen (secondary N) is 2. The molecule has 2 unspecified atom stereocenters. The maximum absolute atomic E-state index is 12.2. The molecule has 1 aliphatic rings. The summed E-state index contributed by atoms with van der Waals surface area (Å²) in [5.41, 5.74) is 1.07. The van der Waals surface area contributed by atoms with E-state index in [1.165, 1.54) is 0 Å². The molecule has 21 heavy (non-hydrogen) atoms. The smallest absolute Gasteiger partial charge is 0.240 e. The molecule has 1 aromatic rings. The summed E-state index contributed by atoms with van der Waals surface area (Å²) in [6.07, 6.45) is 3.03. The summed E-state index contributed by atoms with van der Waals surface area (Å²) < 4.78 is 32.5. The Balaban J connectivity index is 1.92. The molecule has 5 nitrogen and oxygen atoms in total. The Bertz CT molecular complexity index is 537. The average molecular weight is 312 g/mol. The van der Waals surface area contributed by atoms with Crippen molar-refractivity contribution in [2.45, 2.75) is 43.2 Å². The molecule has 0 bridgehead atoms. The van der Waals surface area contributed by atoms with Crippen molar-refractivity contribution in [2.75, 3.05) is 20.2 Å². The summed E-state index contributed by atoms with van der Waals surface area (Å²) in [6.45, 7) is 3.24. The minimum atomic E-state index is -3.43. The predicted molar refractivity (Wildman–Crippen MR) is 82.7 cm³/mol. The Morgan fingerprint density at radius 2 is 2.05 bits per heavy atom. The second kappa shape index (κ2) is 7.35. The predicted octanol–water partition coefficient (Wildman–Crippen LogP) is 1.81. The van der Waals surface area contributed by atoms with Gasteiger partial charge in [-0.2, -0.15) is 0 Å². The molecule has 0 aliphatic carbocycles. The number of rotatable bonds is 7. The molecule has 0 radical (unpaired) electrons. The first-order chi connectivity index (χ1) is 10.0. The van der Waals surface area contributed by atoms with E-state index in [-0.39, 0.29) is 12.1 Å². The van der Waals surface area contributed by atoms with Crippen LogP contribution < -0.4 is 10.0 Å². The normalized spacial score (nSPS) is 20.6. The fourth-order valence-electron chi connectivity index (χ4n) is 2.41. The number of sulfonamides is 1. The molecule has 1 saturated heterocycles. The molecule has 2 rings (SSSR count). The summed E-state index contributed by atoms with van der Waals surface area (Å²) in [4.78, 5) is 0.307. The van der Waals surface area contributed by atoms with Crippen molar-refractivity contribution in [3.05, 3.63) is 29.8 Å². The highest BCUT2D eigenvalue weighted by atomic mass is 32.2. The van der Waals surface area contributed by atoms with E-state index in [4.69, 9.17) is 4.74 Å². The minimum Gasteiger partial charge on any atom is -0.378 e. The zero-order valence-corrected chi connectivity index (χ0v) is 13.4. The van der Waals surface area contributed by atoms with Gasteiger partial charge in [0.2, 0.25) is 10.0 Å². The van der Waals surface area contributed by atoms with Gasteiger partial charge in [-0.05, 0) is 50.9 Å². The van der Waals surface area contributed by atoms with Gasteiger partial charge in [-0.3, -0.25) is 0 Å². The van der Waals surface area contributed by atoms with E-state index < -0.39 is 10.0 Å². The Kier molecular flexibility index (Phi) is 5.75. The molecule has 1 aromatic carbocycles. The first kappa shape index (κ1) is 16.4. The van der Waals surface area contributed by atoms with Gasteiger partial charge in [-0.1, -0.05) is 12.1 Å². The Morgan fingerprint density at radius 3 is 2.62 bits per heavy atom. The molecule has 0 aromatic heterocycles. The summed E-state index contributed by atoms with van der Waals surface area (Å²) in [6, 6.07) is 7.19. The summed E-state index contributed by atoms with van der Waals surface area (Å²) in [7, 11) is -1.55. The molecule has 1 fully saturated rings. The van der Waals surface area contributed by atoms with Crippen LogP contribution >= 0.6 is 0 Å². The number of ether oxygens (including phenoxy) is 1. The van der Waals surface area contributed by atoms with Gasteiger partial charge in [-0.15, -0.1) is 0 Å². The molecular weight excluding hydrogens is 288 g/mol. The van der Waals surface area contributed by atoms with Gasteiger partial charge in [0.25, 0.3) is 0 Å². The Hall–Kier alpha value is -0.950. The lowest BCUT2D eigenvalue weighted by atomic mass is 10.1. The van der Waals surface area contributed by atoms with Crippen molar-refractivity contribution in [1.29, 1.82) is 0 Å². The standard InChI is InChI=1S/C15H24N2O3S/c1-12(16-2)13-5-7-15(8-6-13)21(18,19)17-10-9-14-4-3-11-20-14/h5-8,12,14,16-17H,3-4,9-11H2,1-2H3. The molecule has 6 heteroatoms. The zero-order valence-electron chi connectivity index (χ0n) is 12.6. The molecule has 118 valence electrons. The highest BCUT2D eigenvalue weighted by Crippen LogP contribution is 2.17. The van der Waals surface area contributed by atoms with Crippen LogP contribution in [0.25, 0.3) is 0 Å². The van der Waals surface area contributed by atoms with Crippen LogP contribution in [0.15, 0.2) is 29.2 Å². The van der Waals surface area contributed by atoms with Gasteiger partial charge in [0.15, 0.2) is 0 Å². The second-order valence-electron chi connectivity index (χ2n) is 5.40. The quantitative estimate of drug-likeness (QED) is 0.806. The summed E-state index contributed by atoms with van der Waals surface area (Å²) in [5, 5.41) is 3.13. The van der Waals surface area contributed by atoms with Gasteiger partial charge in [0, 0.05) is 19.2 Å². The van der Waals surface area contributed by atoms with Crippen molar-refractivity contribution in [2.24, 2.45) is 0 Å². The van der Waals surface area contributed by atoms with E-state index in [9.17, 15) is 8.42 Å². The third kappa shape index (κ3) is 4.51. The summed E-state index contributed by atoms with van der Waals surface area (Å²) in [5.74, 6) is 0. The minimum absolute atomic E-state index is 0.201. The van der Waals surface area contributed by atoms with E-state index in [2.05, 4.69) is 10.0 Å². The van der Waals surface area contributed by atoms with Crippen LogP contribution in [-0.4, -0.2) is 34.7 Å². The van der Waals surface area contributed by atoms with Crippen LogP contribution in [0.3, 0.4) is 0 Å². The van der Waals surface area contributed by atoms with E-state index in [0.29, 0.717) is 11.4 Å². The van der Waals surface area contributed by atoms with Crippen molar-refractivity contribution in [1.82, 2.24) is 10.0 Å². The molecule has 2 N–H and O–H groups in total. The fourth-order valence-corrected chi connectivity index (χ4v) is 3.46. The molecular formula is C15H24N2O3S. The molecule has 0 spiro atoms. The lowest BCUT2D eigenvalue weighted by Crippen LogP contribution is -2.27. The van der Waals surface area contributed by atoms with E-state index >= 15 is 0 Å². The van der Waals surface area contributed by atoms with Gasteiger partial charge < -0.3 is 10.1 Å². The highest BCUT2D eigenvalue weighted by molar-refractivity contribution is 7.89. The lowest BCUT2D eigenvalue weighted by molar-refractivity contribution is 0.105. The molecule has 0 saturated carbocycles. The van der Waals surface area contributed by atoms with Gasteiger partial charge in [-0.25, -0.2) is 13.1 Å². The molecule has 2 atom stereocenters. The van der Waals surface area contributed by atoms with Crippen LogP contribution in [0, 0.1) is 0 Å². The van der Waals surface area contributed by atoms with Crippen LogP contribution in [-0.2, 0) is 14.8 Å². The SMILES string of the molecule is CNC(C)c1ccc(S(=O)(=O)NCCC2CCCO2)cc1. The largest absolute Gasteiger partial charge is 0.378 e. The Morgan fingerprint density at radius 1 is 1.33 bits per heavy atom. The monoisotopic (exact) mass is 312 g/mol. The lowest BCUT2D eigenvalue weighted by Gasteiger charge is -2.13. The van der Waals surface area contributed by atoms with Crippen LogP contribution in [0.2, 0.25) is 0 Å². The van der Waals surface area contributed by atoms with Crippen molar-refractivity contribution >= 4 is 10.0 Å². The molecule has 0 amide bonds. The third-order valence-electron chi connectivity index (χ3n) is 3.91. The highest BCUT2D eigenvalue weighted by Gasteiger charge is 2.18. The van der Waals surface area contributed by atoms with Gasteiger partial charge in [0.1, 0.15) is 0 Å². The maximum atomic E-state index is 12.2. The van der Waals surface area contributed by atoms with Crippen molar-refractivity contribution in [3.63, 3.8) is 0 Å². The van der Waals surface area contributed by atoms with Crippen LogP contribution in [0.1, 0.15) is 37.8 Å². The van der Waals surface area contributed by atoms with E-state index in [1.807, 2.05) is 26.1 Å². The van der Waals surface area contributed by atoms with Gasteiger partial charge >= 0.3 is 0 Å². The van der Waals surface area contributed by atoms with Crippen LogP contribution in [0.5, 0.6) is 0 Å². The summed E-state index contributed by atoms with van der Waals surface area (Å²) >= 11 is 0. The number of hydrogen-bond acceptors (Lipinski definition) is 4. The van der Waals surface area contributed by atoms with E-state index in [1.54, 1.807) is 12.1 Å². The van der Waals surface area contributed by atoms with Crippen LogP contribution in [0.4, 0.5) is 0 Å². The number of benzene rings is 1. The Labute approximate surface area is 127 Å². The average Bonchev–Trinajstić information content (AvgIpc) is 2.99. The van der Waals surface area contributed by atoms with E-state index in [0.717, 1.165) is 31.4 Å². The molecule has 1 heterocycles. The number of hydrogen-bond donors (Lipinski definition) is 2. The first-order valence-electron chi connectivity index (χ1n) is 7.41.